The van der Waals surface area contributed by atoms with Crippen LogP contribution in [0.1, 0.15) is 16.2 Å². The van der Waals surface area contributed by atoms with Crippen LogP contribution in [-0.4, -0.2) is 21.1 Å². The van der Waals surface area contributed by atoms with Gasteiger partial charge in [-0.15, -0.1) is 0 Å². The number of furan rings is 1. The second-order valence-electron chi connectivity index (χ2n) is 4.50. The van der Waals surface area contributed by atoms with Gasteiger partial charge in [0.25, 0.3) is 5.91 Å². The maximum absolute atomic E-state index is 12.0. The number of hydrogen-bond acceptors (Lipinski definition) is 4. The largest absolute Gasteiger partial charge is 0.452 e. The number of nitrogens with zero attached hydrogens (tertiary/aromatic N) is 2. The van der Waals surface area contributed by atoms with E-state index in [1.165, 1.54) is 12.3 Å². The molecule has 0 aliphatic carbocycles. The highest BCUT2D eigenvalue weighted by Gasteiger charge is 2.14. The Balaban J connectivity index is 1.83. The summed E-state index contributed by atoms with van der Waals surface area (Å²) in [4.78, 5) is 16.3. The second kappa shape index (κ2) is 5.82. The number of amides is 1. The van der Waals surface area contributed by atoms with Gasteiger partial charge >= 0.3 is 0 Å². The van der Waals surface area contributed by atoms with Gasteiger partial charge in [0, 0.05) is 11.3 Å². The van der Waals surface area contributed by atoms with Crippen molar-refractivity contribution in [3.05, 3.63) is 52.2 Å². The number of benzene rings is 1. The number of anilines is 1. The third-order valence-electron chi connectivity index (χ3n) is 2.93. The lowest BCUT2D eigenvalue weighted by atomic mass is 10.2. The number of carbonyl (C=O) groups excluding carboxylic acids is 1. The van der Waals surface area contributed by atoms with Crippen molar-refractivity contribution >= 4 is 34.8 Å². The number of H-pyrrole nitrogens is 1. The smallest absolute Gasteiger partial charge is 0.260 e. The first-order valence-electron chi connectivity index (χ1n) is 6.28. The van der Waals surface area contributed by atoms with Gasteiger partial charge in [0.1, 0.15) is 5.82 Å². The first-order chi connectivity index (χ1) is 10.5. The summed E-state index contributed by atoms with van der Waals surface area (Å²) in [7, 11) is 0. The van der Waals surface area contributed by atoms with Crippen molar-refractivity contribution in [3.8, 4) is 11.4 Å². The molecular formula is C14H10Cl2N4O2. The third kappa shape index (κ3) is 2.84. The number of nitrogens with one attached hydrogen (secondary N) is 2. The van der Waals surface area contributed by atoms with Gasteiger partial charge in [0.05, 0.1) is 16.8 Å². The molecule has 22 heavy (non-hydrogen) atoms. The Labute approximate surface area is 135 Å². The Morgan fingerprint density at radius 3 is 2.73 bits per heavy atom. The summed E-state index contributed by atoms with van der Waals surface area (Å²) in [5, 5.41) is 9.96. The molecule has 1 amide bonds. The van der Waals surface area contributed by atoms with E-state index in [1.54, 1.807) is 25.1 Å². The molecule has 3 rings (SSSR count). The maximum Gasteiger partial charge on any atom is 0.260 e. The van der Waals surface area contributed by atoms with E-state index < -0.39 is 0 Å². The van der Waals surface area contributed by atoms with E-state index in [0.29, 0.717) is 27.9 Å². The van der Waals surface area contributed by atoms with E-state index in [0.717, 1.165) is 0 Å². The normalized spacial score (nSPS) is 10.7. The van der Waals surface area contributed by atoms with E-state index in [2.05, 4.69) is 20.5 Å². The van der Waals surface area contributed by atoms with Crippen LogP contribution in [0.25, 0.3) is 11.4 Å². The van der Waals surface area contributed by atoms with Crippen molar-refractivity contribution in [2.45, 2.75) is 6.92 Å². The predicted molar refractivity (Wildman–Crippen MR) is 83.2 cm³/mol. The molecule has 0 atom stereocenters. The van der Waals surface area contributed by atoms with Crippen molar-refractivity contribution in [1.82, 2.24) is 15.2 Å². The Morgan fingerprint density at radius 2 is 2.14 bits per heavy atom. The Morgan fingerprint density at radius 1 is 1.32 bits per heavy atom. The van der Waals surface area contributed by atoms with Crippen LogP contribution < -0.4 is 5.32 Å². The highest BCUT2D eigenvalue weighted by atomic mass is 35.5. The monoisotopic (exact) mass is 336 g/mol. The van der Waals surface area contributed by atoms with Crippen LogP contribution in [0.3, 0.4) is 0 Å². The van der Waals surface area contributed by atoms with Gasteiger partial charge in [0.15, 0.2) is 5.82 Å². The highest BCUT2D eigenvalue weighted by Crippen LogP contribution is 2.28. The Hall–Kier alpha value is -2.31. The topological polar surface area (TPSA) is 83.8 Å². The SMILES string of the molecule is Cc1nc(-c2ccc(NC(=O)c3ccoc3Cl)cc2Cl)n[nH]1. The molecule has 0 bridgehead atoms. The Kier molecular flexibility index (Phi) is 3.87. The number of halogens is 2. The molecule has 2 heterocycles. The summed E-state index contributed by atoms with van der Waals surface area (Å²) in [6.45, 7) is 1.80. The van der Waals surface area contributed by atoms with Crippen LogP contribution in [0.5, 0.6) is 0 Å². The fraction of sp³-hybridized carbons (Fsp3) is 0.0714. The molecule has 8 heteroatoms. The van der Waals surface area contributed by atoms with Gasteiger partial charge < -0.3 is 9.73 Å². The lowest BCUT2D eigenvalue weighted by Crippen LogP contribution is -2.11. The van der Waals surface area contributed by atoms with Gasteiger partial charge in [-0.2, -0.15) is 5.10 Å². The van der Waals surface area contributed by atoms with Crippen molar-refractivity contribution in [3.63, 3.8) is 0 Å². The molecule has 0 spiro atoms. The molecular weight excluding hydrogens is 327 g/mol. The van der Waals surface area contributed by atoms with E-state index in [9.17, 15) is 4.79 Å². The van der Waals surface area contributed by atoms with Crippen LogP contribution in [-0.2, 0) is 0 Å². The molecule has 1 aromatic carbocycles. The fourth-order valence-corrected chi connectivity index (χ4v) is 2.36. The molecule has 3 aromatic rings. The summed E-state index contributed by atoms with van der Waals surface area (Å²) in [5.74, 6) is 0.813. The van der Waals surface area contributed by atoms with Gasteiger partial charge in [-0.1, -0.05) is 11.6 Å². The van der Waals surface area contributed by atoms with Crippen molar-refractivity contribution in [2.75, 3.05) is 5.32 Å². The van der Waals surface area contributed by atoms with Crippen LogP contribution >= 0.6 is 23.2 Å². The minimum Gasteiger partial charge on any atom is -0.452 e. The molecule has 0 aliphatic heterocycles. The molecule has 0 unspecified atom stereocenters. The van der Waals surface area contributed by atoms with Crippen LogP contribution in [0.15, 0.2) is 34.9 Å². The summed E-state index contributed by atoms with van der Waals surface area (Å²) in [6.07, 6.45) is 1.35. The number of rotatable bonds is 3. The number of aryl methyl sites for hydroxylation is 1. The van der Waals surface area contributed by atoms with Crippen molar-refractivity contribution in [1.29, 1.82) is 0 Å². The molecule has 0 fully saturated rings. The van der Waals surface area contributed by atoms with Crippen LogP contribution in [0.4, 0.5) is 5.69 Å². The van der Waals surface area contributed by atoms with Gasteiger partial charge in [-0.3, -0.25) is 9.89 Å². The first kappa shape index (κ1) is 14.6. The molecule has 112 valence electrons. The summed E-state index contributed by atoms with van der Waals surface area (Å²) >= 11 is 12.0. The van der Waals surface area contributed by atoms with Crippen LogP contribution in [0, 0.1) is 6.92 Å². The number of aromatic nitrogens is 3. The fourth-order valence-electron chi connectivity index (χ4n) is 1.89. The van der Waals surface area contributed by atoms with E-state index in [1.807, 2.05) is 0 Å². The maximum atomic E-state index is 12.0. The highest BCUT2D eigenvalue weighted by molar-refractivity contribution is 6.34. The average molecular weight is 337 g/mol. The minimum absolute atomic E-state index is 0.0383. The zero-order valence-electron chi connectivity index (χ0n) is 11.4. The van der Waals surface area contributed by atoms with Crippen LogP contribution in [0.2, 0.25) is 10.2 Å². The predicted octanol–water partition coefficient (Wildman–Crippen LogP) is 3.93. The number of aromatic amines is 1. The van der Waals surface area contributed by atoms with E-state index in [4.69, 9.17) is 27.6 Å². The molecule has 6 nitrogen and oxygen atoms in total. The van der Waals surface area contributed by atoms with E-state index >= 15 is 0 Å². The molecule has 0 radical (unpaired) electrons. The van der Waals surface area contributed by atoms with Gasteiger partial charge in [-0.05, 0) is 42.8 Å². The standard InChI is InChI=1S/C14H10Cl2N4O2/c1-7-17-13(20-19-7)9-3-2-8(6-11(9)15)18-14(21)10-4-5-22-12(10)16/h2-6H,1H3,(H,18,21)(H,17,19,20). The summed E-state index contributed by atoms with van der Waals surface area (Å²) < 4.78 is 4.88. The van der Waals surface area contributed by atoms with E-state index in [-0.39, 0.29) is 16.7 Å². The van der Waals surface area contributed by atoms with Crippen molar-refractivity contribution in [2.24, 2.45) is 0 Å². The van der Waals surface area contributed by atoms with Crippen molar-refractivity contribution < 1.29 is 9.21 Å². The molecule has 0 aliphatic rings. The molecule has 2 N–H and O–H groups in total. The quantitative estimate of drug-likeness (QED) is 0.758. The molecule has 0 saturated carbocycles. The number of hydrogen-bond donors (Lipinski definition) is 2. The van der Waals surface area contributed by atoms with Gasteiger partial charge in [-0.25, -0.2) is 4.98 Å². The minimum atomic E-state index is -0.378. The van der Waals surface area contributed by atoms with Gasteiger partial charge in [0.2, 0.25) is 5.22 Å². The lowest BCUT2D eigenvalue weighted by molar-refractivity contribution is 0.102. The second-order valence-corrected chi connectivity index (χ2v) is 5.25. The molecule has 2 aromatic heterocycles. The zero-order valence-corrected chi connectivity index (χ0v) is 12.9. The zero-order chi connectivity index (χ0) is 15.7. The average Bonchev–Trinajstić information content (AvgIpc) is 3.07. The summed E-state index contributed by atoms with van der Waals surface area (Å²) in [5.41, 5.74) is 1.46. The summed E-state index contributed by atoms with van der Waals surface area (Å²) in [6, 6.07) is 6.55. The molecule has 0 saturated heterocycles. The number of carbonyl (C=O) groups is 1. The Bertz CT molecular complexity index is 841. The third-order valence-corrected chi connectivity index (χ3v) is 3.53. The lowest BCUT2D eigenvalue weighted by Gasteiger charge is -2.06. The first-order valence-corrected chi connectivity index (χ1v) is 7.03.